The molecule has 2 heterocycles. The van der Waals surface area contributed by atoms with Crippen LogP contribution in [0.2, 0.25) is 0 Å². The molecule has 34 heavy (non-hydrogen) atoms. The number of ether oxygens (including phenoxy) is 2. The standard InChI is InChI=1S/C26H29N5O3/c1-3-18-16-29-25(15-23(18)28-17-19-6-4-5-7-21(19)26(27)32)30-22-9-8-20(14-24(22)33-2)31-10-12-34-13-11-31/h3-9,14-16H,1,10-13,17H2,2H3,(H2,27,32)(H2,28,29,30). The zero-order valence-electron chi connectivity index (χ0n) is 19.2. The van der Waals surface area contributed by atoms with Crippen molar-refractivity contribution in [1.82, 2.24) is 4.98 Å². The van der Waals surface area contributed by atoms with Crippen LogP contribution >= 0.6 is 0 Å². The van der Waals surface area contributed by atoms with E-state index in [0.717, 1.165) is 60.2 Å². The van der Waals surface area contributed by atoms with Gasteiger partial charge in [-0.15, -0.1) is 0 Å². The molecular formula is C26H29N5O3. The number of rotatable bonds is 9. The van der Waals surface area contributed by atoms with Crippen molar-refractivity contribution in [2.45, 2.75) is 6.54 Å². The van der Waals surface area contributed by atoms with Gasteiger partial charge in [-0.1, -0.05) is 30.9 Å². The molecule has 0 radical (unpaired) electrons. The van der Waals surface area contributed by atoms with Gasteiger partial charge in [0.2, 0.25) is 5.91 Å². The number of nitrogens with one attached hydrogen (secondary N) is 2. The predicted octanol–water partition coefficient (Wildman–Crippen LogP) is 4.02. The second-order valence-electron chi connectivity index (χ2n) is 7.84. The maximum atomic E-state index is 11.7. The minimum atomic E-state index is -0.453. The molecule has 0 saturated carbocycles. The molecule has 1 aliphatic heterocycles. The van der Waals surface area contributed by atoms with Crippen molar-refractivity contribution in [3.05, 3.63) is 78.0 Å². The number of hydrogen-bond donors (Lipinski definition) is 3. The first-order valence-electron chi connectivity index (χ1n) is 11.1. The zero-order chi connectivity index (χ0) is 23.9. The Labute approximate surface area is 199 Å². The highest BCUT2D eigenvalue weighted by Gasteiger charge is 2.14. The van der Waals surface area contributed by atoms with Crippen LogP contribution in [0, 0.1) is 0 Å². The third-order valence-electron chi connectivity index (χ3n) is 5.73. The summed E-state index contributed by atoms with van der Waals surface area (Å²) in [5.74, 6) is 0.920. The van der Waals surface area contributed by atoms with Crippen molar-refractivity contribution in [3.8, 4) is 5.75 Å². The van der Waals surface area contributed by atoms with Gasteiger partial charge in [0.05, 0.1) is 26.0 Å². The monoisotopic (exact) mass is 459 g/mol. The number of methoxy groups -OCH3 is 1. The molecule has 8 heteroatoms. The van der Waals surface area contributed by atoms with E-state index in [4.69, 9.17) is 15.2 Å². The van der Waals surface area contributed by atoms with Crippen molar-refractivity contribution in [3.63, 3.8) is 0 Å². The van der Waals surface area contributed by atoms with Crippen LogP contribution in [0.5, 0.6) is 5.75 Å². The lowest BCUT2D eigenvalue weighted by Crippen LogP contribution is -2.36. The van der Waals surface area contributed by atoms with Crippen LogP contribution in [-0.2, 0) is 11.3 Å². The van der Waals surface area contributed by atoms with Crippen LogP contribution in [0.25, 0.3) is 6.08 Å². The van der Waals surface area contributed by atoms with Crippen molar-refractivity contribution < 1.29 is 14.3 Å². The van der Waals surface area contributed by atoms with Crippen molar-refractivity contribution >= 4 is 34.9 Å². The van der Waals surface area contributed by atoms with Crippen LogP contribution in [0.4, 0.5) is 22.9 Å². The van der Waals surface area contributed by atoms with Gasteiger partial charge in [0.1, 0.15) is 11.6 Å². The van der Waals surface area contributed by atoms with Crippen LogP contribution in [0.3, 0.4) is 0 Å². The van der Waals surface area contributed by atoms with Crippen LogP contribution in [-0.4, -0.2) is 44.3 Å². The van der Waals surface area contributed by atoms with Gasteiger partial charge in [0, 0.05) is 60.5 Å². The summed E-state index contributed by atoms with van der Waals surface area (Å²) in [6, 6.07) is 15.2. The lowest BCUT2D eigenvalue weighted by atomic mass is 10.1. The summed E-state index contributed by atoms with van der Waals surface area (Å²) in [7, 11) is 1.65. The zero-order valence-corrected chi connectivity index (χ0v) is 19.2. The molecule has 0 atom stereocenters. The van der Waals surface area contributed by atoms with E-state index in [2.05, 4.69) is 33.2 Å². The molecule has 176 valence electrons. The number of primary amides is 1. The minimum absolute atomic E-state index is 0.432. The molecule has 1 aliphatic rings. The molecule has 0 spiro atoms. The first-order valence-corrected chi connectivity index (χ1v) is 11.1. The summed E-state index contributed by atoms with van der Waals surface area (Å²) in [5.41, 5.74) is 10.4. The van der Waals surface area contributed by atoms with Gasteiger partial charge in [-0.2, -0.15) is 0 Å². The van der Waals surface area contributed by atoms with Crippen LogP contribution in [0.15, 0.2) is 61.3 Å². The molecule has 8 nitrogen and oxygen atoms in total. The number of aromatic nitrogens is 1. The Morgan fingerprint density at radius 3 is 2.74 bits per heavy atom. The van der Waals surface area contributed by atoms with E-state index >= 15 is 0 Å². The number of morpholine rings is 1. The molecule has 3 aromatic rings. The maximum Gasteiger partial charge on any atom is 0.249 e. The number of carbonyl (C=O) groups is 1. The van der Waals surface area contributed by atoms with E-state index in [0.29, 0.717) is 17.9 Å². The van der Waals surface area contributed by atoms with E-state index in [1.807, 2.05) is 30.3 Å². The molecular weight excluding hydrogens is 430 g/mol. The molecule has 1 aromatic heterocycles. The van der Waals surface area contributed by atoms with E-state index < -0.39 is 5.91 Å². The molecule has 4 rings (SSSR count). The summed E-state index contributed by atoms with van der Waals surface area (Å²) in [5, 5.41) is 6.72. The fourth-order valence-electron chi connectivity index (χ4n) is 3.89. The third-order valence-corrected chi connectivity index (χ3v) is 5.73. The summed E-state index contributed by atoms with van der Waals surface area (Å²) in [6.45, 7) is 7.47. The van der Waals surface area contributed by atoms with Gasteiger partial charge in [0.15, 0.2) is 0 Å². The third kappa shape index (κ3) is 5.29. The Morgan fingerprint density at radius 2 is 2.00 bits per heavy atom. The molecule has 1 amide bonds. The second-order valence-corrected chi connectivity index (χ2v) is 7.84. The van der Waals surface area contributed by atoms with Gasteiger partial charge in [-0.05, 0) is 23.8 Å². The van der Waals surface area contributed by atoms with E-state index in [1.54, 1.807) is 31.5 Å². The molecule has 1 saturated heterocycles. The predicted molar refractivity (Wildman–Crippen MR) is 136 cm³/mol. The molecule has 0 unspecified atom stereocenters. The number of pyridine rings is 1. The van der Waals surface area contributed by atoms with Gasteiger partial charge in [0.25, 0.3) is 0 Å². The topological polar surface area (TPSA) is 102 Å². The van der Waals surface area contributed by atoms with Gasteiger partial charge in [-0.3, -0.25) is 4.79 Å². The minimum Gasteiger partial charge on any atom is -0.494 e. The average molecular weight is 460 g/mol. The van der Waals surface area contributed by atoms with Gasteiger partial charge >= 0.3 is 0 Å². The lowest BCUT2D eigenvalue weighted by Gasteiger charge is -2.29. The lowest BCUT2D eigenvalue weighted by molar-refractivity contribution is 0.0999. The highest BCUT2D eigenvalue weighted by Crippen LogP contribution is 2.33. The van der Waals surface area contributed by atoms with Gasteiger partial charge in [-0.25, -0.2) is 4.98 Å². The van der Waals surface area contributed by atoms with Crippen molar-refractivity contribution in [2.75, 3.05) is 48.9 Å². The number of amides is 1. The average Bonchev–Trinajstić information content (AvgIpc) is 2.88. The van der Waals surface area contributed by atoms with Crippen LogP contribution in [0.1, 0.15) is 21.5 Å². The molecule has 0 aliphatic carbocycles. The molecule has 2 aromatic carbocycles. The maximum absolute atomic E-state index is 11.7. The Kier molecular flexibility index (Phi) is 7.29. The van der Waals surface area contributed by atoms with Crippen molar-refractivity contribution in [2.24, 2.45) is 5.73 Å². The smallest absolute Gasteiger partial charge is 0.249 e. The summed E-state index contributed by atoms with van der Waals surface area (Å²) < 4.78 is 11.1. The number of hydrogen-bond acceptors (Lipinski definition) is 7. The Balaban J connectivity index is 1.54. The quantitative estimate of drug-likeness (QED) is 0.444. The normalized spacial score (nSPS) is 13.3. The SMILES string of the molecule is C=Cc1cnc(Nc2ccc(N3CCOCC3)cc2OC)cc1NCc1ccccc1C(N)=O. The van der Waals surface area contributed by atoms with E-state index in [9.17, 15) is 4.79 Å². The Bertz CT molecular complexity index is 1170. The molecule has 4 N–H and O–H groups in total. The van der Waals surface area contributed by atoms with E-state index in [-0.39, 0.29) is 0 Å². The number of nitrogens with two attached hydrogens (primary N) is 1. The first-order chi connectivity index (χ1) is 16.6. The fourth-order valence-corrected chi connectivity index (χ4v) is 3.89. The number of carbonyl (C=O) groups excluding carboxylic acids is 1. The largest absolute Gasteiger partial charge is 0.494 e. The Morgan fingerprint density at radius 1 is 1.21 bits per heavy atom. The van der Waals surface area contributed by atoms with Gasteiger partial charge < -0.3 is 30.7 Å². The van der Waals surface area contributed by atoms with Crippen LogP contribution < -0.4 is 26.0 Å². The first kappa shape index (κ1) is 23.1. The number of benzene rings is 2. The Hall–Kier alpha value is -4.04. The second kappa shape index (κ2) is 10.7. The van der Waals surface area contributed by atoms with Crippen molar-refractivity contribution in [1.29, 1.82) is 0 Å². The molecule has 1 fully saturated rings. The molecule has 0 bridgehead atoms. The summed E-state index contributed by atoms with van der Waals surface area (Å²) in [4.78, 5) is 18.5. The highest BCUT2D eigenvalue weighted by atomic mass is 16.5. The number of anilines is 4. The number of nitrogens with zero attached hydrogens (tertiary/aromatic N) is 2. The van der Waals surface area contributed by atoms with E-state index in [1.165, 1.54) is 0 Å². The summed E-state index contributed by atoms with van der Waals surface area (Å²) in [6.07, 6.45) is 3.48. The highest BCUT2D eigenvalue weighted by molar-refractivity contribution is 5.94. The fraction of sp³-hybridized carbons (Fsp3) is 0.231. The summed E-state index contributed by atoms with van der Waals surface area (Å²) >= 11 is 0.